The molecule has 0 bridgehead atoms. The van der Waals surface area contributed by atoms with Crippen LogP contribution in [0.25, 0.3) is 0 Å². The van der Waals surface area contributed by atoms with Gasteiger partial charge in [0, 0.05) is 43.6 Å². The predicted molar refractivity (Wildman–Crippen MR) is 63.0 cm³/mol. The number of nitrogen functional groups attached to an aromatic ring is 1. The first-order valence-corrected chi connectivity index (χ1v) is 5.33. The molecule has 2 rings (SSSR count). The minimum atomic E-state index is 0.498. The molecule has 0 amide bonds. The third-order valence-corrected chi connectivity index (χ3v) is 2.89. The molecule has 82 valence electrons. The molecule has 4 heteroatoms. The van der Waals surface area contributed by atoms with Crippen molar-refractivity contribution in [3.63, 3.8) is 0 Å². The number of pyridine rings is 1. The summed E-state index contributed by atoms with van der Waals surface area (Å²) in [6.07, 6.45) is 1.77. The molecule has 1 aliphatic rings. The highest BCUT2D eigenvalue weighted by Crippen LogP contribution is 2.19. The van der Waals surface area contributed by atoms with Gasteiger partial charge in [0.25, 0.3) is 0 Å². The molecular weight excluding hydrogens is 188 g/mol. The Kier molecular flexibility index (Phi) is 2.77. The van der Waals surface area contributed by atoms with Gasteiger partial charge in [-0.05, 0) is 20.0 Å². The molecule has 4 nitrogen and oxygen atoms in total. The number of hydrogen-bond donors (Lipinski definition) is 1. The summed E-state index contributed by atoms with van der Waals surface area (Å²) in [5, 5.41) is 0. The van der Waals surface area contributed by atoms with Crippen molar-refractivity contribution in [2.45, 2.75) is 13.0 Å². The fourth-order valence-corrected chi connectivity index (χ4v) is 2.07. The van der Waals surface area contributed by atoms with E-state index in [2.05, 4.69) is 28.8 Å². The van der Waals surface area contributed by atoms with Crippen LogP contribution in [0.4, 0.5) is 11.5 Å². The number of nitrogens with zero attached hydrogens (tertiary/aromatic N) is 3. The second-order valence-electron chi connectivity index (χ2n) is 4.25. The van der Waals surface area contributed by atoms with Crippen LogP contribution in [-0.4, -0.2) is 42.6 Å². The Balaban J connectivity index is 2.17. The molecular formula is C11H18N4. The lowest BCUT2D eigenvalue weighted by Crippen LogP contribution is -2.50. The van der Waals surface area contributed by atoms with E-state index in [0.29, 0.717) is 6.04 Å². The van der Waals surface area contributed by atoms with Crippen LogP contribution in [0, 0.1) is 0 Å². The lowest BCUT2D eigenvalue weighted by atomic mass is 10.2. The quantitative estimate of drug-likeness (QED) is 0.738. The third-order valence-electron chi connectivity index (χ3n) is 2.89. The molecule has 1 aromatic rings. The van der Waals surface area contributed by atoms with Crippen molar-refractivity contribution >= 4 is 11.5 Å². The van der Waals surface area contributed by atoms with E-state index in [1.165, 1.54) is 0 Å². The van der Waals surface area contributed by atoms with E-state index in [-0.39, 0.29) is 0 Å². The van der Waals surface area contributed by atoms with Crippen molar-refractivity contribution in [1.29, 1.82) is 0 Å². The van der Waals surface area contributed by atoms with Crippen LogP contribution in [-0.2, 0) is 0 Å². The van der Waals surface area contributed by atoms with Crippen LogP contribution in [0.5, 0.6) is 0 Å². The molecule has 1 unspecified atom stereocenters. The first kappa shape index (κ1) is 10.2. The zero-order valence-corrected chi connectivity index (χ0v) is 9.35. The lowest BCUT2D eigenvalue weighted by molar-refractivity contribution is 0.274. The van der Waals surface area contributed by atoms with Gasteiger partial charge in [-0.1, -0.05) is 0 Å². The number of hydrogen-bond acceptors (Lipinski definition) is 4. The summed E-state index contributed by atoms with van der Waals surface area (Å²) in [5.74, 6) is 0.996. The maximum absolute atomic E-state index is 5.76. The topological polar surface area (TPSA) is 45.4 Å². The highest BCUT2D eigenvalue weighted by atomic mass is 15.3. The van der Waals surface area contributed by atoms with Gasteiger partial charge >= 0.3 is 0 Å². The Morgan fingerprint density at radius 3 is 2.93 bits per heavy atom. The van der Waals surface area contributed by atoms with E-state index in [1.807, 2.05) is 12.1 Å². The normalized spacial score (nSPS) is 23.1. The van der Waals surface area contributed by atoms with Crippen molar-refractivity contribution in [1.82, 2.24) is 9.88 Å². The SMILES string of the molecule is CC1CN(C)CCN1c1cc(N)ccn1. The van der Waals surface area contributed by atoms with Gasteiger partial charge in [0.2, 0.25) is 0 Å². The third kappa shape index (κ3) is 2.21. The maximum atomic E-state index is 5.76. The summed E-state index contributed by atoms with van der Waals surface area (Å²) in [6, 6.07) is 4.27. The molecule has 0 saturated carbocycles. The Labute approximate surface area is 90.7 Å². The van der Waals surface area contributed by atoms with Crippen LogP contribution in [0.15, 0.2) is 18.3 Å². The highest BCUT2D eigenvalue weighted by Gasteiger charge is 2.22. The molecule has 1 aromatic heterocycles. The second-order valence-corrected chi connectivity index (χ2v) is 4.25. The molecule has 0 aliphatic carbocycles. The number of nitrogens with two attached hydrogens (primary N) is 1. The van der Waals surface area contributed by atoms with Crippen molar-refractivity contribution < 1.29 is 0 Å². The van der Waals surface area contributed by atoms with Crippen LogP contribution in [0.2, 0.25) is 0 Å². The molecule has 1 fully saturated rings. The molecule has 1 aliphatic heterocycles. The first-order chi connectivity index (χ1) is 7.16. The maximum Gasteiger partial charge on any atom is 0.130 e. The predicted octanol–water partition coefficient (Wildman–Crippen LogP) is 0.804. The van der Waals surface area contributed by atoms with Crippen LogP contribution >= 0.6 is 0 Å². The number of aromatic nitrogens is 1. The average Bonchev–Trinajstić information content (AvgIpc) is 2.17. The van der Waals surface area contributed by atoms with Gasteiger partial charge in [-0.3, -0.25) is 0 Å². The smallest absolute Gasteiger partial charge is 0.130 e. The summed E-state index contributed by atoms with van der Waals surface area (Å²) in [5.41, 5.74) is 6.54. The Hall–Kier alpha value is -1.29. The van der Waals surface area contributed by atoms with E-state index in [4.69, 9.17) is 5.73 Å². The highest BCUT2D eigenvalue weighted by molar-refractivity contribution is 5.51. The largest absolute Gasteiger partial charge is 0.399 e. The van der Waals surface area contributed by atoms with Gasteiger partial charge in [0.05, 0.1) is 0 Å². The average molecular weight is 206 g/mol. The second kappa shape index (κ2) is 4.06. The van der Waals surface area contributed by atoms with Gasteiger partial charge in [0.1, 0.15) is 5.82 Å². The van der Waals surface area contributed by atoms with Crippen molar-refractivity contribution in [3.8, 4) is 0 Å². The first-order valence-electron chi connectivity index (χ1n) is 5.33. The van der Waals surface area contributed by atoms with Gasteiger partial charge < -0.3 is 15.5 Å². The number of likely N-dealkylation sites (N-methyl/N-ethyl adjacent to an activating group) is 1. The fraction of sp³-hybridized carbons (Fsp3) is 0.545. The van der Waals surface area contributed by atoms with Gasteiger partial charge in [0.15, 0.2) is 0 Å². The standard InChI is InChI=1S/C11H18N4/c1-9-8-14(2)5-6-15(9)11-7-10(12)3-4-13-11/h3-4,7,9H,5-6,8H2,1-2H3,(H2,12,13). The van der Waals surface area contributed by atoms with Crippen LogP contribution in [0.1, 0.15) is 6.92 Å². The van der Waals surface area contributed by atoms with E-state index in [9.17, 15) is 0 Å². The van der Waals surface area contributed by atoms with Crippen molar-refractivity contribution in [2.24, 2.45) is 0 Å². The zero-order chi connectivity index (χ0) is 10.8. The summed E-state index contributed by atoms with van der Waals surface area (Å²) < 4.78 is 0. The van der Waals surface area contributed by atoms with Gasteiger partial charge in [-0.15, -0.1) is 0 Å². The number of piperazine rings is 1. The molecule has 2 heterocycles. The monoisotopic (exact) mass is 206 g/mol. The molecule has 0 radical (unpaired) electrons. The van der Waals surface area contributed by atoms with E-state index in [0.717, 1.165) is 31.1 Å². The summed E-state index contributed by atoms with van der Waals surface area (Å²) in [6.45, 7) is 5.41. The van der Waals surface area contributed by atoms with Crippen LogP contribution < -0.4 is 10.6 Å². The van der Waals surface area contributed by atoms with E-state index >= 15 is 0 Å². The Bertz CT molecular complexity index is 339. The van der Waals surface area contributed by atoms with Gasteiger partial charge in [-0.25, -0.2) is 4.98 Å². The number of anilines is 2. The van der Waals surface area contributed by atoms with E-state index in [1.54, 1.807) is 6.20 Å². The minimum Gasteiger partial charge on any atom is -0.399 e. The van der Waals surface area contributed by atoms with E-state index < -0.39 is 0 Å². The van der Waals surface area contributed by atoms with Crippen molar-refractivity contribution in [3.05, 3.63) is 18.3 Å². The summed E-state index contributed by atoms with van der Waals surface area (Å²) in [4.78, 5) is 9.02. The molecule has 1 saturated heterocycles. The molecule has 0 spiro atoms. The van der Waals surface area contributed by atoms with Crippen molar-refractivity contribution in [2.75, 3.05) is 37.3 Å². The minimum absolute atomic E-state index is 0.498. The Morgan fingerprint density at radius 1 is 1.47 bits per heavy atom. The fourth-order valence-electron chi connectivity index (χ4n) is 2.07. The number of rotatable bonds is 1. The Morgan fingerprint density at radius 2 is 2.27 bits per heavy atom. The summed E-state index contributed by atoms with van der Waals surface area (Å²) >= 11 is 0. The molecule has 15 heavy (non-hydrogen) atoms. The summed E-state index contributed by atoms with van der Waals surface area (Å²) in [7, 11) is 2.15. The van der Waals surface area contributed by atoms with Crippen LogP contribution in [0.3, 0.4) is 0 Å². The molecule has 2 N–H and O–H groups in total. The lowest BCUT2D eigenvalue weighted by Gasteiger charge is -2.39. The molecule has 1 atom stereocenters. The molecule has 0 aromatic carbocycles. The van der Waals surface area contributed by atoms with Gasteiger partial charge in [-0.2, -0.15) is 0 Å². The zero-order valence-electron chi connectivity index (χ0n) is 9.35.